The zero-order valence-electron chi connectivity index (χ0n) is 10.7. The summed E-state index contributed by atoms with van der Waals surface area (Å²) in [5.74, 6) is -3.41. The number of benzene rings is 1. The third-order valence-corrected chi connectivity index (χ3v) is 2.63. The Bertz CT molecular complexity index is 489. The van der Waals surface area contributed by atoms with E-state index in [1.165, 1.54) is 0 Å². The molecule has 7 nitrogen and oxygen atoms in total. The number of aliphatic carboxylic acids is 2. The van der Waals surface area contributed by atoms with E-state index < -0.39 is 36.4 Å². The summed E-state index contributed by atoms with van der Waals surface area (Å²) >= 11 is 0. The molecule has 0 saturated carbocycles. The van der Waals surface area contributed by atoms with Crippen molar-refractivity contribution in [3.05, 3.63) is 35.9 Å². The van der Waals surface area contributed by atoms with Crippen LogP contribution in [0.3, 0.4) is 0 Å². The molecule has 2 atom stereocenters. The van der Waals surface area contributed by atoms with Gasteiger partial charge in [0.1, 0.15) is 6.04 Å². The number of hydrogen-bond acceptors (Lipinski definition) is 4. The highest BCUT2D eigenvalue weighted by molar-refractivity contribution is 5.89. The number of hydrogen-bond donors (Lipinski definition) is 4. The Morgan fingerprint density at radius 1 is 1.15 bits per heavy atom. The zero-order valence-corrected chi connectivity index (χ0v) is 10.7. The van der Waals surface area contributed by atoms with Gasteiger partial charge in [-0.1, -0.05) is 30.3 Å². The number of amides is 1. The van der Waals surface area contributed by atoms with Gasteiger partial charge in [0.05, 0.1) is 12.5 Å². The third kappa shape index (κ3) is 5.07. The van der Waals surface area contributed by atoms with Crippen molar-refractivity contribution in [3.8, 4) is 0 Å². The molecule has 0 aliphatic rings. The Morgan fingerprint density at radius 3 is 2.25 bits per heavy atom. The minimum atomic E-state index is -1.48. The van der Waals surface area contributed by atoms with Crippen molar-refractivity contribution >= 4 is 17.8 Å². The lowest BCUT2D eigenvalue weighted by atomic mass is 10.1. The predicted molar refractivity (Wildman–Crippen MR) is 69.9 cm³/mol. The van der Waals surface area contributed by atoms with Gasteiger partial charge in [0.15, 0.2) is 0 Å². The Morgan fingerprint density at radius 2 is 1.75 bits per heavy atom. The fraction of sp³-hybridized carbons (Fsp3) is 0.308. The second kappa shape index (κ2) is 7.25. The van der Waals surface area contributed by atoms with Gasteiger partial charge in [0, 0.05) is 0 Å². The molecule has 20 heavy (non-hydrogen) atoms. The van der Waals surface area contributed by atoms with Crippen LogP contribution in [0.5, 0.6) is 0 Å². The molecule has 1 aromatic rings. The summed E-state index contributed by atoms with van der Waals surface area (Å²) in [6.07, 6.45) is -0.453. The predicted octanol–water partition coefficient (Wildman–Crippen LogP) is -0.399. The normalized spacial score (nSPS) is 13.2. The fourth-order valence-corrected chi connectivity index (χ4v) is 1.61. The van der Waals surface area contributed by atoms with E-state index >= 15 is 0 Å². The van der Waals surface area contributed by atoms with E-state index in [-0.39, 0.29) is 6.42 Å². The van der Waals surface area contributed by atoms with E-state index in [0.717, 1.165) is 5.56 Å². The van der Waals surface area contributed by atoms with Crippen LogP contribution in [0.2, 0.25) is 0 Å². The van der Waals surface area contributed by atoms with E-state index in [2.05, 4.69) is 5.32 Å². The largest absolute Gasteiger partial charge is 0.481 e. The van der Waals surface area contributed by atoms with Crippen molar-refractivity contribution in [1.82, 2.24) is 5.32 Å². The Labute approximate surface area is 115 Å². The molecule has 1 amide bonds. The maximum absolute atomic E-state index is 11.8. The maximum atomic E-state index is 11.8. The van der Waals surface area contributed by atoms with Gasteiger partial charge in [-0.3, -0.25) is 9.59 Å². The number of nitrogens with two attached hydrogens (primary N) is 1. The van der Waals surface area contributed by atoms with Crippen LogP contribution >= 0.6 is 0 Å². The van der Waals surface area contributed by atoms with Crippen LogP contribution in [0.1, 0.15) is 12.0 Å². The molecule has 0 spiro atoms. The number of carboxylic acid groups (broad SMARTS) is 2. The molecule has 0 aliphatic carbocycles. The summed E-state index contributed by atoms with van der Waals surface area (Å²) in [5.41, 5.74) is 6.51. The van der Waals surface area contributed by atoms with E-state index in [1.54, 1.807) is 24.3 Å². The molecule has 108 valence electrons. The highest BCUT2D eigenvalue weighted by Gasteiger charge is 2.25. The van der Waals surface area contributed by atoms with Crippen molar-refractivity contribution < 1.29 is 24.6 Å². The SMILES string of the molecule is N[C@H](Cc1ccccc1)C(=O)N[C@H](CC(=O)O)C(=O)O. The number of nitrogens with one attached hydrogen (secondary N) is 1. The van der Waals surface area contributed by atoms with Crippen LogP contribution in [-0.4, -0.2) is 40.1 Å². The molecule has 0 heterocycles. The van der Waals surface area contributed by atoms with Gasteiger partial charge in [-0.2, -0.15) is 0 Å². The van der Waals surface area contributed by atoms with E-state index in [9.17, 15) is 14.4 Å². The first-order chi connectivity index (χ1) is 9.40. The molecule has 0 aliphatic heterocycles. The second-order valence-electron chi connectivity index (χ2n) is 4.29. The summed E-state index contributed by atoms with van der Waals surface area (Å²) in [4.78, 5) is 33.1. The Balaban J connectivity index is 2.59. The molecule has 0 radical (unpaired) electrons. The van der Waals surface area contributed by atoms with Crippen LogP contribution in [0.25, 0.3) is 0 Å². The lowest BCUT2D eigenvalue weighted by Crippen LogP contribution is -2.49. The van der Waals surface area contributed by atoms with Gasteiger partial charge in [-0.15, -0.1) is 0 Å². The van der Waals surface area contributed by atoms with E-state index in [4.69, 9.17) is 15.9 Å². The fourth-order valence-electron chi connectivity index (χ4n) is 1.61. The number of carboxylic acids is 2. The maximum Gasteiger partial charge on any atom is 0.326 e. The van der Waals surface area contributed by atoms with Gasteiger partial charge in [-0.25, -0.2) is 4.79 Å². The number of carbonyl (C=O) groups is 3. The Kier molecular flexibility index (Phi) is 5.67. The topological polar surface area (TPSA) is 130 Å². The molecular weight excluding hydrogens is 264 g/mol. The monoisotopic (exact) mass is 280 g/mol. The summed E-state index contributed by atoms with van der Waals surface area (Å²) in [5, 5.41) is 19.5. The lowest BCUT2D eigenvalue weighted by molar-refractivity contribution is -0.147. The standard InChI is InChI=1S/C13H16N2O5/c14-9(6-8-4-2-1-3-5-8)12(18)15-10(13(19)20)7-11(16)17/h1-5,9-10H,6-7,14H2,(H,15,18)(H,16,17)(H,19,20)/t9-,10-/m1/s1. The highest BCUT2D eigenvalue weighted by Crippen LogP contribution is 2.02. The van der Waals surface area contributed by atoms with Gasteiger partial charge < -0.3 is 21.3 Å². The Hall–Kier alpha value is -2.41. The van der Waals surface area contributed by atoms with Gasteiger partial charge in [0.25, 0.3) is 0 Å². The van der Waals surface area contributed by atoms with Crippen LogP contribution < -0.4 is 11.1 Å². The van der Waals surface area contributed by atoms with Crippen molar-refractivity contribution in [2.24, 2.45) is 5.73 Å². The zero-order chi connectivity index (χ0) is 15.1. The van der Waals surface area contributed by atoms with Crippen molar-refractivity contribution in [2.75, 3.05) is 0 Å². The molecule has 1 rings (SSSR count). The van der Waals surface area contributed by atoms with E-state index in [0.29, 0.717) is 0 Å². The molecule has 0 saturated heterocycles. The van der Waals surface area contributed by atoms with Gasteiger partial charge >= 0.3 is 11.9 Å². The first-order valence-corrected chi connectivity index (χ1v) is 5.94. The van der Waals surface area contributed by atoms with E-state index in [1.807, 2.05) is 6.07 Å². The van der Waals surface area contributed by atoms with Crippen LogP contribution in [0.15, 0.2) is 30.3 Å². The molecule has 0 unspecified atom stereocenters. The highest BCUT2D eigenvalue weighted by atomic mass is 16.4. The average molecular weight is 280 g/mol. The molecule has 0 aromatic heterocycles. The number of carbonyl (C=O) groups excluding carboxylic acids is 1. The summed E-state index contributed by atoms with van der Waals surface area (Å²) < 4.78 is 0. The van der Waals surface area contributed by atoms with Gasteiger partial charge in [0.2, 0.25) is 5.91 Å². The van der Waals surface area contributed by atoms with Crippen molar-refractivity contribution in [3.63, 3.8) is 0 Å². The third-order valence-electron chi connectivity index (χ3n) is 2.63. The van der Waals surface area contributed by atoms with Crippen LogP contribution in [0, 0.1) is 0 Å². The summed E-state index contributed by atoms with van der Waals surface area (Å²) in [7, 11) is 0. The van der Waals surface area contributed by atoms with Crippen molar-refractivity contribution in [1.29, 1.82) is 0 Å². The molecule has 1 aromatic carbocycles. The molecular formula is C13H16N2O5. The average Bonchev–Trinajstić information content (AvgIpc) is 2.38. The minimum Gasteiger partial charge on any atom is -0.481 e. The van der Waals surface area contributed by atoms with Crippen LogP contribution in [-0.2, 0) is 20.8 Å². The number of rotatable bonds is 7. The van der Waals surface area contributed by atoms with Crippen LogP contribution in [0.4, 0.5) is 0 Å². The summed E-state index contributed by atoms with van der Waals surface area (Å²) in [6.45, 7) is 0. The molecule has 0 bridgehead atoms. The van der Waals surface area contributed by atoms with Gasteiger partial charge in [-0.05, 0) is 12.0 Å². The molecule has 7 heteroatoms. The molecule has 5 N–H and O–H groups in total. The lowest BCUT2D eigenvalue weighted by Gasteiger charge is -2.16. The summed E-state index contributed by atoms with van der Waals surface area (Å²) in [6, 6.07) is 6.57. The molecule has 0 fully saturated rings. The smallest absolute Gasteiger partial charge is 0.326 e. The minimum absolute atomic E-state index is 0.242. The second-order valence-corrected chi connectivity index (χ2v) is 4.29. The first kappa shape index (κ1) is 15.6. The quantitative estimate of drug-likeness (QED) is 0.537. The first-order valence-electron chi connectivity index (χ1n) is 5.94. The van der Waals surface area contributed by atoms with Crippen molar-refractivity contribution in [2.45, 2.75) is 24.9 Å².